The van der Waals surface area contributed by atoms with Gasteiger partial charge in [-0.25, -0.2) is 0 Å². The molecule has 1 aliphatic rings. The van der Waals surface area contributed by atoms with Gasteiger partial charge in [-0.2, -0.15) is 0 Å². The molecule has 0 aromatic heterocycles. The minimum Gasteiger partial charge on any atom is -0.453 e. The third kappa shape index (κ3) is 2.26. The molecule has 0 atom stereocenters. The van der Waals surface area contributed by atoms with E-state index in [4.69, 9.17) is 4.74 Å². The molecule has 0 saturated carbocycles. The van der Waals surface area contributed by atoms with Gasteiger partial charge < -0.3 is 10.1 Å². The van der Waals surface area contributed by atoms with Crippen molar-refractivity contribution in [1.29, 1.82) is 0 Å². The first-order chi connectivity index (χ1) is 9.54. The van der Waals surface area contributed by atoms with Crippen molar-refractivity contribution < 1.29 is 4.74 Å². The minimum atomic E-state index is 0.507. The van der Waals surface area contributed by atoms with Crippen molar-refractivity contribution in [2.24, 2.45) is 0 Å². The Labute approximate surface area is 120 Å². The molecule has 1 aliphatic heterocycles. The van der Waals surface area contributed by atoms with Crippen molar-refractivity contribution in [1.82, 2.24) is 0 Å². The van der Waals surface area contributed by atoms with E-state index in [2.05, 4.69) is 69.4 Å². The van der Waals surface area contributed by atoms with Crippen molar-refractivity contribution in [3.05, 3.63) is 47.5 Å². The molecule has 1 N–H and O–H groups in total. The van der Waals surface area contributed by atoms with Gasteiger partial charge in [-0.1, -0.05) is 39.8 Å². The van der Waals surface area contributed by atoms with Gasteiger partial charge in [0.1, 0.15) is 0 Å². The number of anilines is 2. The molecule has 0 amide bonds. The first-order valence-electron chi connectivity index (χ1n) is 7.27. The standard InChI is InChI=1S/C18H21NO/c1-11(2)13-5-7-15-17(9-13)20-18-10-14(12(3)4)6-8-16(18)19-15/h5-12,19H,1-4H3. The van der Waals surface area contributed by atoms with E-state index in [1.54, 1.807) is 0 Å². The molecule has 2 aromatic carbocycles. The van der Waals surface area contributed by atoms with Crippen LogP contribution in [0.5, 0.6) is 11.5 Å². The highest BCUT2D eigenvalue weighted by atomic mass is 16.5. The fourth-order valence-corrected chi connectivity index (χ4v) is 2.44. The molecule has 1 heterocycles. The van der Waals surface area contributed by atoms with Crippen LogP contribution >= 0.6 is 0 Å². The summed E-state index contributed by atoms with van der Waals surface area (Å²) in [5.41, 5.74) is 4.68. The Kier molecular flexibility index (Phi) is 3.17. The van der Waals surface area contributed by atoms with Gasteiger partial charge in [0.15, 0.2) is 11.5 Å². The van der Waals surface area contributed by atoms with E-state index in [1.165, 1.54) is 11.1 Å². The third-order valence-corrected chi connectivity index (χ3v) is 3.83. The zero-order valence-corrected chi connectivity index (χ0v) is 12.5. The monoisotopic (exact) mass is 267 g/mol. The second-order valence-corrected chi connectivity index (χ2v) is 6.05. The SMILES string of the molecule is CC(C)c1ccc2c(c1)Oc1cc(C(C)C)ccc1N2. The number of rotatable bonds is 2. The van der Waals surface area contributed by atoms with Crippen LogP contribution in [0.3, 0.4) is 0 Å². The van der Waals surface area contributed by atoms with Gasteiger partial charge in [-0.15, -0.1) is 0 Å². The van der Waals surface area contributed by atoms with E-state index in [0.717, 1.165) is 22.9 Å². The molecular formula is C18H21NO. The maximum atomic E-state index is 6.10. The molecule has 0 fully saturated rings. The second-order valence-electron chi connectivity index (χ2n) is 6.05. The lowest BCUT2D eigenvalue weighted by Gasteiger charge is -2.24. The Balaban J connectivity index is 1.99. The first kappa shape index (κ1) is 13.0. The summed E-state index contributed by atoms with van der Waals surface area (Å²) < 4.78 is 6.10. The van der Waals surface area contributed by atoms with Crippen molar-refractivity contribution in [3.63, 3.8) is 0 Å². The highest BCUT2D eigenvalue weighted by Crippen LogP contribution is 2.43. The second kappa shape index (κ2) is 4.86. The van der Waals surface area contributed by atoms with Crippen LogP contribution in [0.25, 0.3) is 0 Å². The number of hydrogen-bond acceptors (Lipinski definition) is 2. The van der Waals surface area contributed by atoms with Gasteiger partial charge >= 0.3 is 0 Å². The Hall–Kier alpha value is -1.96. The predicted molar refractivity (Wildman–Crippen MR) is 84.4 cm³/mol. The Bertz CT molecular complexity index is 588. The number of ether oxygens (including phenoxy) is 1. The zero-order valence-electron chi connectivity index (χ0n) is 12.5. The Morgan fingerprint density at radius 1 is 0.750 bits per heavy atom. The summed E-state index contributed by atoms with van der Waals surface area (Å²) in [4.78, 5) is 0. The highest BCUT2D eigenvalue weighted by Gasteiger charge is 2.18. The van der Waals surface area contributed by atoms with Crippen LogP contribution in [0.2, 0.25) is 0 Å². The quantitative estimate of drug-likeness (QED) is 0.635. The fraction of sp³-hybridized carbons (Fsp3) is 0.333. The Morgan fingerprint density at radius 2 is 1.20 bits per heavy atom. The highest BCUT2D eigenvalue weighted by molar-refractivity contribution is 5.76. The summed E-state index contributed by atoms with van der Waals surface area (Å²) in [6, 6.07) is 12.8. The minimum absolute atomic E-state index is 0.507. The fourth-order valence-electron chi connectivity index (χ4n) is 2.44. The third-order valence-electron chi connectivity index (χ3n) is 3.83. The normalized spacial score (nSPS) is 12.7. The molecule has 104 valence electrons. The summed E-state index contributed by atoms with van der Waals surface area (Å²) in [6.45, 7) is 8.79. The van der Waals surface area contributed by atoms with E-state index in [9.17, 15) is 0 Å². The topological polar surface area (TPSA) is 21.3 Å². The summed E-state index contributed by atoms with van der Waals surface area (Å²) >= 11 is 0. The number of hydrogen-bond donors (Lipinski definition) is 1. The van der Waals surface area contributed by atoms with E-state index in [1.807, 2.05) is 0 Å². The zero-order chi connectivity index (χ0) is 14.3. The van der Waals surface area contributed by atoms with E-state index >= 15 is 0 Å². The van der Waals surface area contributed by atoms with Crippen LogP contribution in [0.15, 0.2) is 36.4 Å². The molecule has 2 nitrogen and oxygen atoms in total. The van der Waals surface area contributed by atoms with Crippen molar-refractivity contribution in [2.45, 2.75) is 39.5 Å². The number of fused-ring (bicyclic) bond motifs is 2. The lowest BCUT2D eigenvalue weighted by Crippen LogP contribution is -2.04. The van der Waals surface area contributed by atoms with E-state index in [-0.39, 0.29) is 0 Å². The van der Waals surface area contributed by atoms with Crippen LogP contribution in [0.1, 0.15) is 50.7 Å². The van der Waals surface area contributed by atoms with Crippen molar-refractivity contribution >= 4 is 11.4 Å². The maximum Gasteiger partial charge on any atom is 0.151 e. The molecule has 2 aromatic rings. The van der Waals surface area contributed by atoms with Crippen LogP contribution in [0, 0.1) is 0 Å². The molecule has 0 aliphatic carbocycles. The van der Waals surface area contributed by atoms with Crippen LogP contribution in [-0.2, 0) is 0 Å². The average molecular weight is 267 g/mol. The maximum absolute atomic E-state index is 6.10. The molecule has 2 heteroatoms. The van der Waals surface area contributed by atoms with Crippen molar-refractivity contribution in [3.8, 4) is 11.5 Å². The number of nitrogens with one attached hydrogen (secondary N) is 1. The summed E-state index contributed by atoms with van der Waals surface area (Å²) in [6.07, 6.45) is 0. The van der Waals surface area contributed by atoms with Gasteiger partial charge in [0.25, 0.3) is 0 Å². The molecule has 0 bridgehead atoms. The molecule has 20 heavy (non-hydrogen) atoms. The lowest BCUT2D eigenvalue weighted by molar-refractivity contribution is 0.479. The average Bonchev–Trinajstić information content (AvgIpc) is 2.43. The predicted octanol–water partition coefficient (Wildman–Crippen LogP) is 5.78. The Morgan fingerprint density at radius 3 is 1.60 bits per heavy atom. The van der Waals surface area contributed by atoms with Crippen LogP contribution in [-0.4, -0.2) is 0 Å². The molecule has 0 saturated heterocycles. The number of benzene rings is 2. The molecule has 0 radical (unpaired) electrons. The molecule has 0 unspecified atom stereocenters. The summed E-state index contributed by atoms with van der Waals surface area (Å²) in [5, 5.41) is 3.45. The van der Waals surface area contributed by atoms with Crippen LogP contribution < -0.4 is 10.1 Å². The molecular weight excluding hydrogens is 246 g/mol. The van der Waals surface area contributed by atoms with Gasteiger partial charge in [0, 0.05) is 0 Å². The smallest absolute Gasteiger partial charge is 0.151 e. The summed E-state index contributed by atoms with van der Waals surface area (Å²) in [5.74, 6) is 2.86. The van der Waals surface area contributed by atoms with Gasteiger partial charge in [0.2, 0.25) is 0 Å². The molecule has 3 rings (SSSR count). The van der Waals surface area contributed by atoms with Crippen molar-refractivity contribution in [2.75, 3.05) is 5.32 Å². The molecule has 0 spiro atoms. The largest absolute Gasteiger partial charge is 0.453 e. The van der Waals surface area contributed by atoms with Gasteiger partial charge in [-0.3, -0.25) is 0 Å². The van der Waals surface area contributed by atoms with Crippen LogP contribution in [0.4, 0.5) is 11.4 Å². The first-order valence-corrected chi connectivity index (χ1v) is 7.27. The van der Waals surface area contributed by atoms with Gasteiger partial charge in [-0.05, 0) is 47.2 Å². The van der Waals surface area contributed by atoms with Gasteiger partial charge in [0.05, 0.1) is 11.4 Å². The van der Waals surface area contributed by atoms with E-state index in [0.29, 0.717) is 11.8 Å². The summed E-state index contributed by atoms with van der Waals surface area (Å²) in [7, 11) is 0. The van der Waals surface area contributed by atoms with E-state index < -0.39 is 0 Å². The lowest BCUT2D eigenvalue weighted by atomic mass is 10.0.